The van der Waals surface area contributed by atoms with Crippen LogP contribution in [0.1, 0.15) is 72.4 Å². The van der Waals surface area contributed by atoms with Crippen LogP contribution < -0.4 is 0 Å². The molecule has 0 radical (unpaired) electrons. The molecule has 0 unspecified atom stereocenters. The van der Waals surface area contributed by atoms with E-state index >= 15 is 0 Å². The van der Waals surface area contributed by atoms with E-state index in [9.17, 15) is 0 Å². The van der Waals surface area contributed by atoms with Crippen molar-refractivity contribution in [2.24, 2.45) is 5.92 Å². The maximum atomic E-state index is 4.16. The van der Waals surface area contributed by atoms with Crippen LogP contribution >= 0.6 is 0 Å². The average Bonchev–Trinajstić information content (AvgIpc) is 2.82. The number of aryl methyl sites for hydroxylation is 2. The van der Waals surface area contributed by atoms with Gasteiger partial charge in [-0.3, -0.25) is 0 Å². The molecule has 1 aromatic heterocycles. The van der Waals surface area contributed by atoms with Crippen molar-refractivity contribution in [2.75, 3.05) is 0 Å². The van der Waals surface area contributed by atoms with Crippen LogP contribution in [0.2, 0.25) is 0 Å². The summed E-state index contributed by atoms with van der Waals surface area (Å²) in [6.07, 6.45) is 9.41. The van der Waals surface area contributed by atoms with E-state index in [4.69, 9.17) is 0 Å². The van der Waals surface area contributed by atoms with Gasteiger partial charge < -0.3 is 0 Å². The Morgan fingerprint density at radius 1 is 1.17 bits per heavy atom. The molecule has 0 atom stereocenters. The highest BCUT2D eigenvalue weighted by molar-refractivity contribution is 4.94. The summed E-state index contributed by atoms with van der Waals surface area (Å²) < 4.78 is 2.08. The lowest BCUT2D eigenvalue weighted by atomic mass is 10.1. The number of rotatable bonds is 8. The summed E-state index contributed by atoms with van der Waals surface area (Å²) >= 11 is 0. The first-order chi connectivity index (χ1) is 8.74. The highest BCUT2D eigenvalue weighted by Crippen LogP contribution is 2.09. The fraction of sp³-hybridized carbons (Fsp3) is 0.867. The second kappa shape index (κ2) is 11.2. The van der Waals surface area contributed by atoms with E-state index in [1.807, 2.05) is 20.0 Å². The van der Waals surface area contributed by atoms with E-state index in [-0.39, 0.29) is 0 Å². The molecule has 3 nitrogen and oxygen atoms in total. The van der Waals surface area contributed by atoms with Crippen LogP contribution in [0.5, 0.6) is 0 Å². The van der Waals surface area contributed by atoms with Crippen molar-refractivity contribution in [3.05, 3.63) is 11.9 Å². The minimum atomic E-state index is 0.753. The quantitative estimate of drug-likeness (QED) is 0.640. The van der Waals surface area contributed by atoms with Crippen molar-refractivity contribution in [3.63, 3.8) is 0 Å². The Morgan fingerprint density at radius 2 is 1.89 bits per heavy atom. The van der Waals surface area contributed by atoms with Gasteiger partial charge in [-0.05, 0) is 25.2 Å². The zero-order valence-corrected chi connectivity index (χ0v) is 12.9. The first-order valence-electron chi connectivity index (χ1n) is 7.61. The van der Waals surface area contributed by atoms with Gasteiger partial charge in [0.2, 0.25) is 0 Å². The Morgan fingerprint density at radius 3 is 2.50 bits per heavy atom. The van der Waals surface area contributed by atoms with Crippen molar-refractivity contribution in [1.82, 2.24) is 15.0 Å². The van der Waals surface area contributed by atoms with Crippen LogP contribution in [0.3, 0.4) is 0 Å². The lowest BCUT2D eigenvalue weighted by molar-refractivity contribution is 0.496. The van der Waals surface area contributed by atoms with Crippen LogP contribution in [0.25, 0.3) is 0 Å². The average molecular weight is 253 g/mol. The van der Waals surface area contributed by atoms with Crippen LogP contribution in [0, 0.1) is 5.92 Å². The molecule has 1 aromatic rings. The maximum Gasteiger partial charge on any atom is 0.0725 e. The first-order valence-corrected chi connectivity index (χ1v) is 7.61. The van der Waals surface area contributed by atoms with Crippen molar-refractivity contribution in [3.8, 4) is 0 Å². The van der Waals surface area contributed by atoms with Crippen molar-refractivity contribution < 1.29 is 0 Å². The third-order valence-corrected chi connectivity index (χ3v) is 2.90. The first kappa shape index (κ1) is 17.1. The summed E-state index contributed by atoms with van der Waals surface area (Å²) in [4.78, 5) is 0. The zero-order chi connectivity index (χ0) is 13.8. The third kappa shape index (κ3) is 7.46. The maximum absolute atomic E-state index is 4.16. The fourth-order valence-corrected chi connectivity index (χ4v) is 1.79. The summed E-state index contributed by atoms with van der Waals surface area (Å²) in [5, 5.41) is 8.17. The molecule has 1 heterocycles. The van der Waals surface area contributed by atoms with Gasteiger partial charge in [0.25, 0.3) is 0 Å². The summed E-state index contributed by atoms with van der Waals surface area (Å²) in [6, 6.07) is 0. The van der Waals surface area contributed by atoms with Gasteiger partial charge in [0.15, 0.2) is 0 Å². The van der Waals surface area contributed by atoms with Gasteiger partial charge >= 0.3 is 0 Å². The molecule has 106 valence electrons. The van der Waals surface area contributed by atoms with Gasteiger partial charge in [0, 0.05) is 6.54 Å². The number of hydrogen-bond donors (Lipinski definition) is 0. The molecule has 0 fully saturated rings. The van der Waals surface area contributed by atoms with E-state index in [2.05, 4.69) is 35.8 Å². The van der Waals surface area contributed by atoms with Crippen molar-refractivity contribution in [2.45, 2.75) is 79.7 Å². The molecule has 0 aliphatic heterocycles. The van der Waals surface area contributed by atoms with Crippen molar-refractivity contribution in [1.29, 1.82) is 0 Å². The molecule has 0 N–H and O–H groups in total. The van der Waals surface area contributed by atoms with E-state index in [1.165, 1.54) is 37.8 Å². The van der Waals surface area contributed by atoms with Gasteiger partial charge in [0.1, 0.15) is 0 Å². The molecule has 0 spiro atoms. The van der Waals surface area contributed by atoms with Crippen LogP contribution in [0.15, 0.2) is 6.20 Å². The normalized spacial score (nSPS) is 10.3. The SMILES string of the molecule is CC.CCCCCCn1nncc1CCC(C)C. The topological polar surface area (TPSA) is 30.7 Å². The Bertz CT molecular complexity index is 279. The number of aromatic nitrogens is 3. The smallest absolute Gasteiger partial charge is 0.0725 e. The Labute approximate surface area is 113 Å². The highest BCUT2D eigenvalue weighted by atomic mass is 15.4. The van der Waals surface area contributed by atoms with Gasteiger partial charge in [-0.2, -0.15) is 0 Å². The molecular formula is C15H31N3. The van der Waals surface area contributed by atoms with Gasteiger partial charge in [0.05, 0.1) is 11.9 Å². The predicted molar refractivity (Wildman–Crippen MR) is 78.7 cm³/mol. The van der Waals surface area contributed by atoms with Gasteiger partial charge in [-0.15, -0.1) is 5.10 Å². The van der Waals surface area contributed by atoms with Crippen LogP contribution in [0.4, 0.5) is 0 Å². The highest BCUT2D eigenvalue weighted by Gasteiger charge is 2.04. The van der Waals surface area contributed by atoms with Crippen LogP contribution in [-0.2, 0) is 13.0 Å². The molecular weight excluding hydrogens is 222 g/mol. The molecule has 0 bridgehead atoms. The van der Waals surface area contributed by atoms with Crippen molar-refractivity contribution >= 4 is 0 Å². The minimum absolute atomic E-state index is 0.753. The number of nitrogens with zero attached hydrogens (tertiary/aromatic N) is 3. The molecule has 0 aliphatic rings. The number of unbranched alkanes of at least 4 members (excludes halogenated alkanes) is 3. The van der Waals surface area contributed by atoms with E-state index < -0.39 is 0 Å². The van der Waals surface area contributed by atoms with Gasteiger partial charge in [-0.25, -0.2) is 4.68 Å². The van der Waals surface area contributed by atoms with E-state index in [0.29, 0.717) is 0 Å². The molecule has 18 heavy (non-hydrogen) atoms. The minimum Gasteiger partial charge on any atom is -0.249 e. The summed E-state index contributed by atoms with van der Waals surface area (Å²) in [5.74, 6) is 0.753. The number of hydrogen-bond acceptors (Lipinski definition) is 2. The molecule has 0 aliphatic carbocycles. The Balaban J connectivity index is 0.00000137. The largest absolute Gasteiger partial charge is 0.249 e. The molecule has 0 amide bonds. The Kier molecular flexibility index (Phi) is 10.7. The summed E-state index contributed by atoms with van der Waals surface area (Å²) in [6.45, 7) is 11.8. The van der Waals surface area contributed by atoms with E-state index in [1.54, 1.807) is 0 Å². The lowest BCUT2D eigenvalue weighted by Crippen LogP contribution is -2.06. The zero-order valence-electron chi connectivity index (χ0n) is 12.9. The molecule has 0 saturated carbocycles. The molecule has 1 rings (SSSR count). The second-order valence-corrected chi connectivity index (χ2v) is 4.94. The van der Waals surface area contributed by atoms with Gasteiger partial charge in [-0.1, -0.05) is 59.1 Å². The summed E-state index contributed by atoms with van der Waals surface area (Å²) in [7, 11) is 0. The molecule has 0 saturated heterocycles. The van der Waals surface area contributed by atoms with Crippen LogP contribution in [-0.4, -0.2) is 15.0 Å². The molecule has 3 heteroatoms. The standard InChI is InChI=1S/C13H25N3.C2H6/c1-4-5-6-7-10-16-13(11-14-15-16)9-8-12(2)3;1-2/h11-12H,4-10H2,1-3H3;1-2H3. The second-order valence-electron chi connectivity index (χ2n) is 4.94. The van der Waals surface area contributed by atoms with E-state index in [0.717, 1.165) is 18.9 Å². The predicted octanol–water partition coefficient (Wildman–Crippen LogP) is 4.47. The lowest BCUT2D eigenvalue weighted by Gasteiger charge is -2.07. The summed E-state index contributed by atoms with van der Waals surface area (Å²) in [5.41, 5.74) is 1.30. The monoisotopic (exact) mass is 253 g/mol. The Hall–Kier alpha value is -0.860. The molecule has 0 aromatic carbocycles. The third-order valence-electron chi connectivity index (χ3n) is 2.90. The fourth-order valence-electron chi connectivity index (χ4n) is 1.79.